The number of benzene rings is 2. The molecule has 7 heteroatoms. The third kappa shape index (κ3) is 13.4. The van der Waals surface area contributed by atoms with Gasteiger partial charge in [0, 0.05) is 63.0 Å². The molecule has 7 nitrogen and oxygen atoms in total. The fourth-order valence-corrected chi connectivity index (χ4v) is 5.13. The first-order valence-corrected chi connectivity index (χ1v) is 15.7. The fourth-order valence-electron chi connectivity index (χ4n) is 5.13. The molecule has 4 rings (SSSR count). The van der Waals surface area contributed by atoms with Gasteiger partial charge in [0.15, 0.2) is 0 Å². The van der Waals surface area contributed by atoms with Crippen molar-refractivity contribution in [1.29, 1.82) is 0 Å². The number of ether oxygens (including phenoxy) is 1. The molecule has 0 amide bonds. The van der Waals surface area contributed by atoms with E-state index in [-0.39, 0.29) is 5.56 Å². The van der Waals surface area contributed by atoms with Crippen LogP contribution in [0.1, 0.15) is 72.8 Å². The lowest BCUT2D eigenvalue weighted by molar-refractivity contribution is -0.106. The monoisotopic (exact) mass is 601 g/mol. The number of unbranched alkanes of at least 4 members (excludes halogenated alkanes) is 2. The van der Waals surface area contributed by atoms with Gasteiger partial charge in [0.1, 0.15) is 6.29 Å². The molecular weight excluding hydrogens is 550 g/mol. The predicted molar refractivity (Wildman–Crippen MR) is 180 cm³/mol. The quantitative estimate of drug-likeness (QED) is 0.163. The van der Waals surface area contributed by atoms with Crippen LogP contribution in [-0.4, -0.2) is 85.1 Å². The maximum atomic E-state index is 11.5. The van der Waals surface area contributed by atoms with Crippen LogP contribution in [0.3, 0.4) is 0 Å². The minimum atomic E-state index is -0.930. The van der Waals surface area contributed by atoms with Gasteiger partial charge in [-0.1, -0.05) is 55.5 Å². The number of aromatic nitrogens is 1. The van der Waals surface area contributed by atoms with E-state index >= 15 is 0 Å². The van der Waals surface area contributed by atoms with Crippen LogP contribution in [0.5, 0.6) is 0 Å². The molecule has 2 aromatic carbocycles. The van der Waals surface area contributed by atoms with E-state index in [9.17, 15) is 9.90 Å². The summed E-state index contributed by atoms with van der Waals surface area (Å²) in [5, 5.41) is 10.1. The van der Waals surface area contributed by atoms with Gasteiger partial charge in [-0.2, -0.15) is 0 Å². The number of carboxylic acid groups (broad SMARTS) is 1. The summed E-state index contributed by atoms with van der Waals surface area (Å²) in [5.74, 6) is 6.09. The Labute approximate surface area is 264 Å². The Bertz CT molecular complexity index is 1350. The molecule has 0 spiro atoms. The summed E-state index contributed by atoms with van der Waals surface area (Å²) < 4.78 is 5.10. The molecule has 1 atom stereocenters. The second-order valence-electron chi connectivity index (χ2n) is 11.4. The van der Waals surface area contributed by atoms with Crippen molar-refractivity contribution in [1.82, 2.24) is 14.8 Å². The number of aldehydes is 1. The van der Waals surface area contributed by atoms with E-state index in [1.165, 1.54) is 50.7 Å². The molecular formula is C37H51N3O4. The van der Waals surface area contributed by atoms with Crippen molar-refractivity contribution in [3.8, 4) is 11.8 Å². The van der Waals surface area contributed by atoms with E-state index in [2.05, 4.69) is 71.7 Å². The van der Waals surface area contributed by atoms with Crippen molar-refractivity contribution in [3.05, 3.63) is 76.5 Å². The molecule has 3 aromatic rings. The second kappa shape index (κ2) is 20.4. The molecule has 0 bridgehead atoms. The van der Waals surface area contributed by atoms with Crippen molar-refractivity contribution < 1.29 is 19.4 Å². The zero-order valence-electron chi connectivity index (χ0n) is 27.6. The van der Waals surface area contributed by atoms with Crippen molar-refractivity contribution in [2.24, 2.45) is 5.92 Å². The maximum Gasteiger partial charge on any atom is 0.336 e. The average molecular weight is 602 g/mol. The number of pyridine rings is 1. The minimum Gasteiger partial charge on any atom is -0.478 e. The molecule has 238 valence electrons. The van der Waals surface area contributed by atoms with E-state index < -0.39 is 5.97 Å². The minimum absolute atomic E-state index is 0.286. The number of aromatic carboxylic acids is 1. The molecule has 1 unspecified atom stereocenters. The van der Waals surface area contributed by atoms with Gasteiger partial charge in [0.2, 0.25) is 0 Å². The lowest BCUT2D eigenvalue weighted by Gasteiger charge is -2.33. The molecule has 0 radical (unpaired) electrons. The summed E-state index contributed by atoms with van der Waals surface area (Å²) in [6, 6.07) is 15.9. The van der Waals surface area contributed by atoms with Gasteiger partial charge in [-0.25, -0.2) is 4.79 Å². The number of rotatable bonds is 10. The number of aryl methyl sites for hydroxylation is 2. The first kappa shape index (κ1) is 36.6. The molecule has 2 heterocycles. The van der Waals surface area contributed by atoms with Gasteiger partial charge in [-0.3, -0.25) is 4.98 Å². The van der Waals surface area contributed by atoms with Crippen molar-refractivity contribution in [2.75, 3.05) is 53.0 Å². The zero-order chi connectivity index (χ0) is 32.3. The number of carboxylic acids is 1. The van der Waals surface area contributed by atoms with E-state index in [0.29, 0.717) is 22.5 Å². The summed E-state index contributed by atoms with van der Waals surface area (Å²) >= 11 is 0. The normalized spacial score (nSPS) is 13.9. The van der Waals surface area contributed by atoms with Crippen LogP contribution in [0, 0.1) is 31.6 Å². The van der Waals surface area contributed by atoms with Crippen molar-refractivity contribution in [2.45, 2.75) is 60.3 Å². The van der Waals surface area contributed by atoms with Gasteiger partial charge in [0.25, 0.3) is 0 Å². The molecule has 1 N–H and O–H groups in total. The first-order chi connectivity index (χ1) is 21.2. The Balaban J connectivity index is 0.000000351. The van der Waals surface area contributed by atoms with Gasteiger partial charge in [-0.15, -0.1) is 0 Å². The maximum absolute atomic E-state index is 11.5. The number of methoxy groups -OCH3 is 1. The highest BCUT2D eigenvalue weighted by molar-refractivity contribution is 6.02. The van der Waals surface area contributed by atoms with Gasteiger partial charge >= 0.3 is 5.97 Å². The average Bonchev–Trinajstić information content (AvgIpc) is 3.01. The van der Waals surface area contributed by atoms with Gasteiger partial charge in [0.05, 0.1) is 11.1 Å². The van der Waals surface area contributed by atoms with Crippen LogP contribution in [0.25, 0.3) is 10.9 Å². The standard InChI is InChI=1S/C23H29N3O2.C12H18O.C2H4O/c1-3-25-12-14-26(15-13-25)11-7-5-4-6-8-19-9-10-22-20(17-19)21(23(27)28)16-18(2)24-22;1-10-4-6-12(7-5-10)8-11(2)9-13-3;1-2-3/h9-10,16-17H,3-5,7,11-15H2,1-2H3,(H,27,28);4-7,11H,8-9H2,1-3H3;2H,1H3. The lowest BCUT2D eigenvalue weighted by Crippen LogP contribution is -2.46. The predicted octanol–water partition coefficient (Wildman–Crippen LogP) is 6.43. The van der Waals surface area contributed by atoms with E-state index in [1.54, 1.807) is 13.2 Å². The number of piperazine rings is 1. The Morgan fingerprint density at radius 2 is 1.70 bits per heavy atom. The summed E-state index contributed by atoms with van der Waals surface area (Å²) in [6.07, 6.45) is 4.99. The van der Waals surface area contributed by atoms with Gasteiger partial charge in [-0.05, 0) is 88.9 Å². The number of nitrogens with zero attached hydrogens (tertiary/aromatic N) is 3. The highest BCUT2D eigenvalue weighted by atomic mass is 16.5. The van der Waals surface area contributed by atoms with Crippen LogP contribution < -0.4 is 0 Å². The number of hydrogen-bond donors (Lipinski definition) is 1. The molecule has 0 aliphatic carbocycles. The molecule has 1 fully saturated rings. The topological polar surface area (TPSA) is 83.0 Å². The lowest BCUT2D eigenvalue weighted by atomic mass is 10.0. The Morgan fingerprint density at radius 1 is 1.05 bits per heavy atom. The second-order valence-corrected chi connectivity index (χ2v) is 11.4. The highest BCUT2D eigenvalue weighted by Crippen LogP contribution is 2.20. The molecule has 1 aliphatic rings. The highest BCUT2D eigenvalue weighted by Gasteiger charge is 2.14. The third-order valence-corrected chi connectivity index (χ3v) is 7.49. The SMILES string of the molecule is CC=O.CCN1CCN(CCCCC#Cc2ccc3nc(C)cc(C(=O)O)c3c2)CC1.COCC(C)Cc1ccc(C)cc1. The molecule has 44 heavy (non-hydrogen) atoms. The number of likely N-dealkylation sites (N-methyl/N-ethyl adjacent to an activating group) is 1. The Hall–Kier alpha value is -3.57. The number of carbonyl (C=O) groups is 2. The smallest absolute Gasteiger partial charge is 0.336 e. The summed E-state index contributed by atoms with van der Waals surface area (Å²) in [5.41, 5.74) is 5.26. The molecule has 0 saturated carbocycles. The van der Waals surface area contributed by atoms with E-state index in [4.69, 9.17) is 9.53 Å². The van der Waals surface area contributed by atoms with E-state index in [0.717, 1.165) is 50.8 Å². The van der Waals surface area contributed by atoms with Crippen LogP contribution in [0.15, 0.2) is 48.5 Å². The summed E-state index contributed by atoms with van der Waals surface area (Å²) in [4.78, 5) is 29.8. The van der Waals surface area contributed by atoms with Gasteiger partial charge < -0.3 is 24.4 Å². The number of hydrogen-bond acceptors (Lipinski definition) is 6. The fraction of sp³-hybridized carbons (Fsp3) is 0.486. The molecule has 1 aromatic heterocycles. The third-order valence-electron chi connectivity index (χ3n) is 7.49. The zero-order valence-corrected chi connectivity index (χ0v) is 27.6. The summed E-state index contributed by atoms with van der Waals surface area (Å²) in [6.45, 7) is 17.7. The van der Waals surface area contributed by atoms with Crippen molar-refractivity contribution in [3.63, 3.8) is 0 Å². The van der Waals surface area contributed by atoms with Crippen LogP contribution in [-0.2, 0) is 16.0 Å². The summed E-state index contributed by atoms with van der Waals surface area (Å²) in [7, 11) is 1.76. The van der Waals surface area contributed by atoms with Crippen molar-refractivity contribution >= 4 is 23.2 Å². The molecule has 1 saturated heterocycles. The van der Waals surface area contributed by atoms with Crippen LogP contribution in [0.4, 0.5) is 0 Å². The Morgan fingerprint density at radius 3 is 2.32 bits per heavy atom. The largest absolute Gasteiger partial charge is 0.478 e. The van der Waals surface area contributed by atoms with Crippen LogP contribution in [0.2, 0.25) is 0 Å². The number of fused-ring (bicyclic) bond motifs is 1. The van der Waals surface area contributed by atoms with Crippen LogP contribution >= 0.6 is 0 Å². The number of carbonyl (C=O) groups excluding carboxylic acids is 1. The Kier molecular flexibility index (Phi) is 17.0. The first-order valence-electron chi connectivity index (χ1n) is 15.7. The molecule has 1 aliphatic heterocycles. The van der Waals surface area contributed by atoms with E-state index in [1.807, 2.05) is 25.1 Å².